The Balaban J connectivity index is 1.56. The lowest BCUT2D eigenvalue weighted by molar-refractivity contribution is -0.117. The Kier molecular flexibility index (Phi) is 6.08. The predicted molar refractivity (Wildman–Crippen MR) is 124 cm³/mol. The zero-order chi connectivity index (χ0) is 22.3. The van der Waals surface area contributed by atoms with Gasteiger partial charge in [-0.1, -0.05) is 54.6 Å². The van der Waals surface area contributed by atoms with Crippen LogP contribution in [0.5, 0.6) is 5.75 Å². The number of benzene rings is 3. The van der Waals surface area contributed by atoms with Crippen molar-refractivity contribution in [1.82, 2.24) is 15.7 Å². The van der Waals surface area contributed by atoms with Crippen LogP contribution < -0.4 is 10.7 Å². The van der Waals surface area contributed by atoms with Crippen LogP contribution in [0.25, 0.3) is 17.0 Å². The van der Waals surface area contributed by atoms with Crippen LogP contribution in [-0.2, 0) is 4.79 Å². The van der Waals surface area contributed by atoms with E-state index in [1.165, 1.54) is 18.4 Å². The number of aromatic nitrogens is 1. The highest BCUT2D eigenvalue weighted by atomic mass is 16.3. The molecule has 0 saturated heterocycles. The van der Waals surface area contributed by atoms with Crippen molar-refractivity contribution in [2.45, 2.75) is 0 Å². The number of hydrogen-bond donors (Lipinski definition) is 4. The van der Waals surface area contributed by atoms with Crippen molar-refractivity contribution in [2.24, 2.45) is 5.10 Å². The zero-order valence-electron chi connectivity index (χ0n) is 16.9. The van der Waals surface area contributed by atoms with Gasteiger partial charge in [0.1, 0.15) is 11.4 Å². The Morgan fingerprint density at radius 2 is 1.59 bits per heavy atom. The number of H-pyrrole nitrogens is 1. The molecule has 0 aliphatic carbocycles. The third kappa shape index (κ3) is 4.73. The second-order valence-corrected chi connectivity index (χ2v) is 6.93. The van der Waals surface area contributed by atoms with Crippen molar-refractivity contribution in [3.05, 3.63) is 107 Å². The van der Waals surface area contributed by atoms with Gasteiger partial charge in [-0.15, -0.1) is 0 Å². The highest BCUT2D eigenvalue weighted by Gasteiger charge is 2.15. The van der Waals surface area contributed by atoms with Crippen LogP contribution in [0.4, 0.5) is 0 Å². The van der Waals surface area contributed by atoms with E-state index < -0.39 is 11.8 Å². The van der Waals surface area contributed by atoms with E-state index in [0.29, 0.717) is 11.1 Å². The number of nitrogens with one attached hydrogen (secondary N) is 3. The van der Waals surface area contributed by atoms with Crippen molar-refractivity contribution >= 4 is 35.0 Å². The number of nitrogens with zero attached hydrogens (tertiary/aromatic N) is 1. The van der Waals surface area contributed by atoms with E-state index in [1.807, 2.05) is 24.3 Å². The first-order chi connectivity index (χ1) is 15.6. The third-order valence-corrected chi connectivity index (χ3v) is 4.76. The summed E-state index contributed by atoms with van der Waals surface area (Å²) in [6.45, 7) is 0. The monoisotopic (exact) mass is 424 g/mol. The van der Waals surface area contributed by atoms with Crippen LogP contribution in [0.15, 0.2) is 95.9 Å². The fourth-order valence-electron chi connectivity index (χ4n) is 3.13. The highest BCUT2D eigenvalue weighted by Crippen LogP contribution is 2.19. The minimum atomic E-state index is -0.631. The molecule has 1 aromatic heterocycles. The molecule has 0 unspecified atom stereocenters. The Labute approximate surface area is 184 Å². The number of amides is 2. The Hall–Kier alpha value is -4.65. The van der Waals surface area contributed by atoms with E-state index in [0.717, 1.165) is 16.5 Å². The standard InChI is InChI=1S/C25H20N4O3/c30-23-13-7-4-10-18(23)14-22(28-24(31)17-8-2-1-3-9-17)25(32)29-27-16-19-15-26-21-12-6-5-11-20(19)21/h1-16,26,30H,(H,28,31)(H,29,32)/b22-14-,27-16+. The number of rotatable bonds is 6. The molecule has 3 aromatic carbocycles. The minimum Gasteiger partial charge on any atom is -0.507 e. The summed E-state index contributed by atoms with van der Waals surface area (Å²) in [5.41, 5.74) is 4.91. The second-order valence-electron chi connectivity index (χ2n) is 6.93. The molecule has 32 heavy (non-hydrogen) atoms. The van der Waals surface area contributed by atoms with Gasteiger partial charge in [0.15, 0.2) is 0 Å². The Morgan fingerprint density at radius 3 is 2.41 bits per heavy atom. The first kappa shape index (κ1) is 20.6. The van der Waals surface area contributed by atoms with Gasteiger partial charge in [0.2, 0.25) is 0 Å². The average Bonchev–Trinajstić information content (AvgIpc) is 3.23. The highest BCUT2D eigenvalue weighted by molar-refractivity contribution is 6.06. The van der Waals surface area contributed by atoms with Crippen molar-refractivity contribution in [1.29, 1.82) is 0 Å². The molecule has 0 radical (unpaired) electrons. The molecule has 7 nitrogen and oxygen atoms in total. The number of carbonyl (C=O) groups excluding carboxylic acids is 2. The fraction of sp³-hybridized carbons (Fsp3) is 0. The number of carbonyl (C=O) groups is 2. The third-order valence-electron chi connectivity index (χ3n) is 4.76. The average molecular weight is 424 g/mol. The van der Waals surface area contributed by atoms with Crippen LogP contribution in [0.1, 0.15) is 21.5 Å². The number of aromatic amines is 1. The molecule has 0 atom stereocenters. The maximum Gasteiger partial charge on any atom is 0.287 e. The minimum absolute atomic E-state index is 0.0194. The molecule has 158 valence electrons. The maximum absolute atomic E-state index is 12.8. The lowest BCUT2D eigenvalue weighted by atomic mass is 10.1. The maximum atomic E-state index is 12.8. The van der Waals surface area contributed by atoms with Crippen LogP contribution in [0, 0.1) is 0 Å². The second kappa shape index (κ2) is 9.44. The summed E-state index contributed by atoms with van der Waals surface area (Å²) >= 11 is 0. The van der Waals surface area contributed by atoms with Gasteiger partial charge < -0.3 is 15.4 Å². The normalized spacial score (nSPS) is 11.6. The summed E-state index contributed by atoms with van der Waals surface area (Å²) < 4.78 is 0. The number of phenols is 1. The summed E-state index contributed by atoms with van der Waals surface area (Å²) in [6.07, 6.45) is 4.70. The SMILES string of the molecule is O=C(N/N=C/c1c[nH]c2ccccc12)/C(=C/c1ccccc1O)NC(=O)c1ccccc1. The van der Waals surface area contributed by atoms with Gasteiger partial charge in [-0.25, -0.2) is 5.43 Å². The predicted octanol–water partition coefficient (Wildman–Crippen LogP) is 3.79. The van der Waals surface area contributed by atoms with E-state index in [-0.39, 0.29) is 11.4 Å². The van der Waals surface area contributed by atoms with Gasteiger partial charge in [0.05, 0.1) is 6.21 Å². The molecule has 4 rings (SSSR count). The number of fused-ring (bicyclic) bond motifs is 1. The van der Waals surface area contributed by atoms with Gasteiger partial charge >= 0.3 is 0 Å². The quantitative estimate of drug-likeness (QED) is 0.215. The van der Waals surface area contributed by atoms with E-state index in [4.69, 9.17) is 0 Å². The van der Waals surface area contributed by atoms with E-state index >= 15 is 0 Å². The summed E-state index contributed by atoms with van der Waals surface area (Å²) in [4.78, 5) is 28.6. The molecule has 7 heteroatoms. The largest absolute Gasteiger partial charge is 0.507 e. The Bertz CT molecular complexity index is 1320. The molecule has 2 amide bonds. The zero-order valence-corrected chi connectivity index (χ0v) is 16.9. The van der Waals surface area contributed by atoms with E-state index in [9.17, 15) is 14.7 Å². The number of para-hydroxylation sites is 2. The fourth-order valence-corrected chi connectivity index (χ4v) is 3.13. The summed E-state index contributed by atoms with van der Waals surface area (Å²) in [6, 6.07) is 22.8. The van der Waals surface area contributed by atoms with Crippen molar-refractivity contribution < 1.29 is 14.7 Å². The van der Waals surface area contributed by atoms with Crippen molar-refractivity contribution in [3.8, 4) is 5.75 Å². The van der Waals surface area contributed by atoms with Gasteiger partial charge in [-0.2, -0.15) is 5.10 Å². The van der Waals surface area contributed by atoms with Gasteiger partial charge in [-0.3, -0.25) is 9.59 Å². The molecule has 0 bridgehead atoms. The van der Waals surface area contributed by atoms with Crippen LogP contribution in [0.3, 0.4) is 0 Å². The number of aromatic hydroxyl groups is 1. The molecule has 0 fully saturated rings. The molecule has 0 aliphatic heterocycles. The molecule has 0 aliphatic rings. The number of phenolic OH excluding ortho intramolecular Hbond substituents is 1. The van der Waals surface area contributed by atoms with E-state index in [1.54, 1.807) is 54.7 Å². The first-order valence-corrected chi connectivity index (χ1v) is 9.87. The van der Waals surface area contributed by atoms with Crippen LogP contribution >= 0.6 is 0 Å². The lowest BCUT2D eigenvalue weighted by Crippen LogP contribution is -2.32. The smallest absolute Gasteiger partial charge is 0.287 e. The summed E-state index contributed by atoms with van der Waals surface area (Å²) in [5.74, 6) is -1.11. The first-order valence-electron chi connectivity index (χ1n) is 9.87. The summed E-state index contributed by atoms with van der Waals surface area (Å²) in [5, 5.41) is 17.7. The molecule has 0 spiro atoms. The van der Waals surface area contributed by atoms with E-state index in [2.05, 4.69) is 20.8 Å². The number of hydrazone groups is 1. The van der Waals surface area contributed by atoms with Crippen LogP contribution in [-0.4, -0.2) is 28.1 Å². The molecule has 1 heterocycles. The molecular weight excluding hydrogens is 404 g/mol. The van der Waals surface area contributed by atoms with Crippen molar-refractivity contribution in [2.75, 3.05) is 0 Å². The summed E-state index contributed by atoms with van der Waals surface area (Å²) in [7, 11) is 0. The molecular formula is C25H20N4O3. The van der Waals surface area contributed by atoms with Crippen molar-refractivity contribution in [3.63, 3.8) is 0 Å². The van der Waals surface area contributed by atoms with Crippen LogP contribution in [0.2, 0.25) is 0 Å². The lowest BCUT2D eigenvalue weighted by Gasteiger charge is -2.09. The number of hydrogen-bond acceptors (Lipinski definition) is 4. The molecule has 4 aromatic rings. The molecule has 4 N–H and O–H groups in total. The topological polar surface area (TPSA) is 107 Å². The van der Waals surface area contributed by atoms with Gasteiger partial charge in [0, 0.05) is 33.8 Å². The molecule has 0 saturated carbocycles. The van der Waals surface area contributed by atoms with Gasteiger partial charge in [-0.05, 0) is 30.3 Å². The Morgan fingerprint density at radius 1 is 0.875 bits per heavy atom. The van der Waals surface area contributed by atoms with Gasteiger partial charge in [0.25, 0.3) is 11.8 Å².